The van der Waals surface area contributed by atoms with E-state index in [1.807, 2.05) is 32.0 Å². The zero-order valence-electron chi connectivity index (χ0n) is 11.8. The van der Waals surface area contributed by atoms with Crippen LogP contribution in [0.15, 0.2) is 30.3 Å². The second-order valence-electron chi connectivity index (χ2n) is 4.96. The van der Waals surface area contributed by atoms with E-state index in [2.05, 4.69) is 20.3 Å². The number of aryl methyl sites for hydroxylation is 2. The Hall–Kier alpha value is -2.89. The molecule has 0 saturated carbocycles. The summed E-state index contributed by atoms with van der Waals surface area (Å²) in [6.45, 7) is 3.71. The Bertz CT molecular complexity index is 817. The van der Waals surface area contributed by atoms with E-state index in [1.54, 1.807) is 12.1 Å². The first-order valence-electron chi connectivity index (χ1n) is 6.53. The number of hydrogen-bond acceptors (Lipinski definition) is 4. The molecule has 106 valence electrons. The van der Waals surface area contributed by atoms with E-state index in [1.165, 1.54) is 0 Å². The van der Waals surface area contributed by atoms with Crippen LogP contribution >= 0.6 is 0 Å². The van der Waals surface area contributed by atoms with Gasteiger partial charge in [-0.25, -0.2) is 9.97 Å². The summed E-state index contributed by atoms with van der Waals surface area (Å²) in [5.74, 6) is 0.0189. The number of rotatable bonds is 2. The summed E-state index contributed by atoms with van der Waals surface area (Å²) in [6.07, 6.45) is 0. The largest absolute Gasteiger partial charge is 0.399 e. The van der Waals surface area contributed by atoms with Crippen molar-refractivity contribution in [2.45, 2.75) is 13.8 Å². The zero-order chi connectivity index (χ0) is 15.0. The monoisotopic (exact) mass is 281 g/mol. The van der Waals surface area contributed by atoms with Gasteiger partial charge in [-0.05, 0) is 44.2 Å². The van der Waals surface area contributed by atoms with Gasteiger partial charge in [0.2, 0.25) is 5.95 Å². The number of nitrogens with zero attached hydrogens (tertiary/aromatic N) is 2. The van der Waals surface area contributed by atoms with E-state index < -0.39 is 0 Å². The average Bonchev–Trinajstić information content (AvgIpc) is 2.80. The van der Waals surface area contributed by atoms with Gasteiger partial charge in [-0.1, -0.05) is 0 Å². The van der Waals surface area contributed by atoms with E-state index in [0.717, 1.165) is 22.3 Å². The van der Waals surface area contributed by atoms with Crippen LogP contribution in [0.3, 0.4) is 0 Å². The molecule has 0 atom stereocenters. The lowest BCUT2D eigenvalue weighted by molar-refractivity contribution is 0.102. The summed E-state index contributed by atoms with van der Waals surface area (Å²) in [5.41, 5.74) is 9.31. The fourth-order valence-electron chi connectivity index (χ4n) is 2.22. The Morgan fingerprint density at radius 1 is 1.14 bits per heavy atom. The van der Waals surface area contributed by atoms with Crippen molar-refractivity contribution >= 4 is 28.4 Å². The van der Waals surface area contributed by atoms with Crippen LogP contribution in [0.4, 0.5) is 11.6 Å². The topological polar surface area (TPSA) is 96.7 Å². The van der Waals surface area contributed by atoms with E-state index in [-0.39, 0.29) is 5.91 Å². The molecule has 1 amide bonds. The fraction of sp³-hybridized carbons (Fsp3) is 0.133. The molecule has 2 heterocycles. The van der Waals surface area contributed by atoms with Crippen LogP contribution in [0.5, 0.6) is 0 Å². The van der Waals surface area contributed by atoms with Crippen molar-refractivity contribution in [2.75, 3.05) is 11.1 Å². The highest BCUT2D eigenvalue weighted by Gasteiger charge is 2.11. The number of H-pyrrole nitrogens is 1. The molecule has 0 unspecified atom stereocenters. The second-order valence-corrected chi connectivity index (χ2v) is 4.96. The van der Waals surface area contributed by atoms with Gasteiger partial charge in [0, 0.05) is 28.0 Å². The number of amides is 1. The minimum Gasteiger partial charge on any atom is -0.399 e. The maximum absolute atomic E-state index is 12.2. The van der Waals surface area contributed by atoms with Crippen LogP contribution in [0, 0.1) is 13.8 Å². The van der Waals surface area contributed by atoms with E-state index in [9.17, 15) is 4.79 Å². The van der Waals surface area contributed by atoms with Crippen molar-refractivity contribution in [3.63, 3.8) is 0 Å². The molecule has 6 nitrogen and oxygen atoms in total. The summed E-state index contributed by atoms with van der Waals surface area (Å²) < 4.78 is 0. The van der Waals surface area contributed by atoms with Crippen molar-refractivity contribution in [3.8, 4) is 0 Å². The van der Waals surface area contributed by atoms with Gasteiger partial charge in [0.15, 0.2) is 0 Å². The number of fused-ring (bicyclic) bond motifs is 1. The van der Waals surface area contributed by atoms with Crippen LogP contribution in [-0.2, 0) is 0 Å². The van der Waals surface area contributed by atoms with Gasteiger partial charge < -0.3 is 10.7 Å². The Morgan fingerprint density at radius 3 is 2.57 bits per heavy atom. The molecule has 4 N–H and O–H groups in total. The molecule has 6 heteroatoms. The number of aromatic nitrogens is 3. The molecule has 0 aliphatic heterocycles. The lowest BCUT2D eigenvalue weighted by Gasteiger charge is -2.04. The van der Waals surface area contributed by atoms with Crippen LogP contribution in [0.2, 0.25) is 0 Å². The number of aromatic amines is 1. The second kappa shape index (κ2) is 4.90. The standard InChI is InChI=1S/C15H15N5O/c1-8-5-9(2)18-15(17-8)20-14(21)13-7-10-6-11(16)3-4-12(10)19-13/h3-7,19H,16H2,1-2H3,(H,17,18,20,21). The number of hydrogen-bond donors (Lipinski definition) is 3. The van der Waals surface area contributed by atoms with Gasteiger partial charge in [0.25, 0.3) is 5.91 Å². The number of nitrogens with two attached hydrogens (primary N) is 1. The highest BCUT2D eigenvalue weighted by molar-refractivity contribution is 6.05. The molecular weight excluding hydrogens is 266 g/mol. The number of nitrogen functional groups attached to an aromatic ring is 1. The molecule has 0 bridgehead atoms. The lowest BCUT2D eigenvalue weighted by Crippen LogP contribution is -2.15. The third-order valence-corrected chi connectivity index (χ3v) is 3.10. The molecule has 0 radical (unpaired) electrons. The van der Waals surface area contributed by atoms with E-state index in [0.29, 0.717) is 17.3 Å². The first-order chi connectivity index (χ1) is 10.0. The van der Waals surface area contributed by atoms with Crippen LogP contribution in [0.25, 0.3) is 10.9 Å². The Kier molecular flexibility index (Phi) is 3.06. The van der Waals surface area contributed by atoms with Gasteiger partial charge in [0.1, 0.15) is 5.69 Å². The zero-order valence-corrected chi connectivity index (χ0v) is 11.8. The van der Waals surface area contributed by atoms with Gasteiger partial charge >= 0.3 is 0 Å². The molecule has 2 aromatic heterocycles. The predicted octanol–water partition coefficient (Wildman–Crippen LogP) is 2.41. The Morgan fingerprint density at radius 2 is 1.86 bits per heavy atom. The third kappa shape index (κ3) is 2.69. The minimum atomic E-state index is -0.283. The lowest BCUT2D eigenvalue weighted by atomic mass is 10.2. The first kappa shape index (κ1) is 13.1. The summed E-state index contributed by atoms with van der Waals surface area (Å²) >= 11 is 0. The van der Waals surface area contributed by atoms with E-state index in [4.69, 9.17) is 5.73 Å². The molecule has 3 aromatic rings. The normalized spacial score (nSPS) is 10.8. The molecular formula is C15H15N5O. The minimum absolute atomic E-state index is 0.283. The molecule has 1 aromatic carbocycles. The number of anilines is 2. The quantitative estimate of drug-likeness (QED) is 0.628. The van der Waals surface area contributed by atoms with Crippen molar-refractivity contribution in [2.24, 2.45) is 0 Å². The SMILES string of the molecule is Cc1cc(C)nc(NC(=O)c2cc3cc(N)ccc3[nH]2)n1. The maximum Gasteiger partial charge on any atom is 0.274 e. The molecule has 3 rings (SSSR count). The van der Waals surface area contributed by atoms with Crippen LogP contribution < -0.4 is 11.1 Å². The number of nitrogens with one attached hydrogen (secondary N) is 2. The molecule has 0 spiro atoms. The van der Waals surface area contributed by atoms with E-state index >= 15 is 0 Å². The smallest absolute Gasteiger partial charge is 0.274 e. The molecule has 0 aliphatic rings. The summed E-state index contributed by atoms with van der Waals surface area (Å²) in [5, 5.41) is 3.58. The first-order valence-corrected chi connectivity index (χ1v) is 6.53. The summed E-state index contributed by atoms with van der Waals surface area (Å²) in [6, 6.07) is 9.04. The summed E-state index contributed by atoms with van der Waals surface area (Å²) in [7, 11) is 0. The molecule has 21 heavy (non-hydrogen) atoms. The van der Waals surface area contributed by atoms with Crippen molar-refractivity contribution in [1.82, 2.24) is 15.0 Å². The van der Waals surface area contributed by atoms with Gasteiger partial charge in [-0.3, -0.25) is 10.1 Å². The number of benzene rings is 1. The average molecular weight is 281 g/mol. The summed E-state index contributed by atoms with van der Waals surface area (Å²) in [4.78, 5) is 23.7. The van der Waals surface area contributed by atoms with Crippen molar-refractivity contribution < 1.29 is 4.79 Å². The molecule has 0 fully saturated rings. The van der Waals surface area contributed by atoms with Crippen molar-refractivity contribution in [1.29, 1.82) is 0 Å². The third-order valence-electron chi connectivity index (χ3n) is 3.10. The highest BCUT2D eigenvalue weighted by Crippen LogP contribution is 2.19. The maximum atomic E-state index is 12.2. The molecule has 0 aliphatic carbocycles. The van der Waals surface area contributed by atoms with Crippen LogP contribution in [0.1, 0.15) is 21.9 Å². The van der Waals surface area contributed by atoms with Gasteiger partial charge in [-0.2, -0.15) is 0 Å². The highest BCUT2D eigenvalue weighted by atomic mass is 16.2. The number of carbonyl (C=O) groups is 1. The Labute approximate surface area is 121 Å². The van der Waals surface area contributed by atoms with Gasteiger partial charge in [0.05, 0.1) is 0 Å². The van der Waals surface area contributed by atoms with Crippen LogP contribution in [-0.4, -0.2) is 20.9 Å². The Balaban J connectivity index is 1.89. The predicted molar refractivity (Wildman–Crippen MR) is 82.2 cm³/mol. The fourth-order valence-corrected chi connectivity index (χ4v) is 2.22. The van der Waals surface area contributed by atoms with Gasteiger partial charge in [-0.15, -0.1) is 0 Å². The number of carbonyl (C=O) groups excluding carboxylic acids is 1. The molecule has 0 saturated heterocycles. The van der Waals surface area contributed by atoms with Crippen molar-refractivity contribution in [3.05, 3.63) is 47.4 Å².